The van der Waals surface area contributed by atoms with Crippen LogP contribution in [-0.2, 0) is 6.54 Å². The van der Waals surface area contributed by atoms with Gasteiger partial charge in [0, 0.05) is 24.7 Å². The molecule has 1 saturated heterocycles. The van der Waals surface area contributed by atoms with Crippen molar-refractivity contribution in [3.63, 3.8) is 0 Å². The van der Waals surface area contributed by atoms with Crippen molar-refractivity contribution >= 4 is 24.3 Å². The number of urea groups is 1. The van der Waals surface area contributed by atoms with Gasteiger partial charge in [-0.2, -0.15) is 0 Å². The lowest BCUT2D eigenvalue weighted by molar-refractivity contribution is 0.0950. The molecule has 1 heterocycles. The fourth-order valence-corrected chi connectivity index (χ4v) is 2.21. The van der Waals surface area contributed by atoms with Crippen LogP contribution in [0.15, 0.2) is 24.3 Å². The van der Waals surface area contributed by atoms with Gasteiger partial charge in [0.25, 0.3) is 5.91 Å². The van der Waals surface area contributed by atoms with Gasteiger partial charge in [0.05, 0.1) is 0 Å². The van der Waals surface area contributed by atoms with Gasteiger partial charge in [-0.3, -0.25) is 4.79 Å². The maximum atomic E-state index is 12.0. The molecule has 1 aliphatic heterocycles. The van der Waals surface area contributed by atoms with Crippen molar-refractivity contribution in [1.82, 2.24) is 16.0 Å². The highest BCUT2D eigenvalue weighted by atomic mass is 35.5. The molecule has 21 heavy (non-hydrogen) atoms. The second-order valence-corrected chi connectivity index (χ2v) is 4.92. The number of hydrogen-bond acceptors (Lipinski definition) is 3. The van der Waals surface area contributed by atoms with E-state index in [0.29, 0.717) is 24.7 Å². The van der Waals surface area contributed by atoms with Crippen LogP contribution in [0.5, 0.6) is 0 Å². The number of carbonyl (C=O) groups is 2. The fourth-order valence-electron chi connectivity index (χ4n) is 2.21. The lowest BCUT2D eigenvalue weighted by atomic mass is 10.1. The monoisotopic (exact) mass is 312 g/mol. The molecule has 1 aliphatic rings. The molecule has 1 aromatic rings. The molecule has 7 heteroatoms. The summed E-state index contributed by atoms with van der Waals surface area (Å²) in [4.78, 5) is 22.6. The van der Waals surface area contributed by atoms with Gasteiger partial charge in [-0.1, -0.05) is 12.1 Å². The van der Waals surface area contributed by atoms with E-state index in [-0.39, 0.29) is 18.3 Å². The molecule has 0 saturated carbocycles. The van der Waals surface area contributed by atoms with Crippen molar-refractivity contribution < 1.29 is 9.59 Å². The minimum absolute atomic E-state index is 0. The first-order chi connectivity index (χ1) is 9.65. The van der Waals surface area contributed by atoms with Crippen LogP contribution < -0.4 is 21.7 Å². The summed E-state index contributed by atoms with van der Waals surface area (Å²) in [6.45, 7) is 2.05. The number of benzene rings is 1. The van der Waals surface area contributed by atoms with Crippen molar-refractivity contribution in [1.29, 1.82) is 0 Å². The summed E-state index contributed by atoms with van der Waals surface area (Å²) in [5, 5.41) is 8.76. The first kappa shape index (κ1) is 17.3. The first-order valence-electron chi connectivity index (χ1n) is 6.79. The highest BCUT2D eigenvalue weighted by Gasteiger charge is 2.15. The Balaban J connectivity index is 0.00000220. The number of amides is 3. The standard InChI is InChI=1S/C14H20N4O2.ClH/c15-14(20)18-8-10-3-5-11(6-4-10)13(19)17-9-12-2-1-7-16-12;/h3-6,12,16H,1-2,7-9H2,(H,17,19)(H3,15,18,20);1H. The van der Waals surface area contributed by atoms with E-state index < -0.39 is 6.03 Å². The Morgan fingerprint density at radius 1 is 1.24 bits per heavy atom. The molecule has 1 fully saturated rings. The molecule has 0 spiro atoms. The van der Waals surface area contributed by atoms with Crippen LogP contribution in [0.2, 0.25) is 0 Å². The third-order valence-electron chi connectivity index (χ3n) is 3.35. The largest absolute Gasteiger partial charge is 0.352 e. The maximum Gasteiger partial charge on any atom is 0.312 e. The number of hydrogen-bond donors (Lipinski definition) is 4. The van der Waals surface area contributed by atoms with Gasteiger partial charge in [-0.15, -0.1) is 12.4 Å². The van der Waals surface area contributed by atoms with Gasteiger partial charge >= 0.3 is 6.03 Å². The third-order valence-corrected chi connectivity index (χ3v) is 3.35. The molecule has 6 nitrogen and oxygen atoms in total. The summed E-state index contributed by atoms with van der Waals surface area (Å²) < 4.78 is 0. The van der Waals surface area contributed by atoms with Crippen LogP contribution >= 0.6 is 12.4 Å². The molecule has 0 aromatic heterocycles. The van der Waals surface area contributed by atoms with Crippen LogP contribution in [0.3, 0.4) is 0 Å². The molecule has 0 bridgehead atoms. The minimum atomic E-state index is -0.559. The van der Waals surface area contributed by atoms with Crippen LogP contribution in [-0.4, -0.2) is 31.1 Å². The second kappa shape index (κ2) is 8.49. The van der Waals surface area contributed by atoms with Crippen molar-refractivity contribution in [2.75, 3.05) is 13.1 Å². The van der Waals surface area contributed by atoms with E-state index in [1.54, 1.807) is 24.3 Å². The normalized spacial score (nSPS) is 16.9. The zero-order chi connectivity index (χ0) is 14.4. The van der Waals surface area contributed by atoms with E-state index in [4.69, 9.17) is 5.73 Å². The predicted molar refractivity (Wildman–Crippen MR) is 83.5 cm³/mol. The number of primary amides is 1. The molecule has 3 amide bonds. The Hall–Kier alpha value is -1.79. The molecule has 1 unspecified atom stereocenters. The molecular formula is C14H21ClN4O2. The van der Waals surface area contributed by atoms with E-state index in [9.17, 15) is 9.59 Å². The van der Waals surface area contributed by atoms with Crippen molar-refractivity contribution in [3.8, 4) is 0 Å². The number of halogens is 1. The van der Waals surface area contributed by atoms with Gasteiger partial charge < -0.3 is 21.7 Å². The quantitative estimate of drug-likeness (QED) is 0.646. The van der Waals surface area contributed by atoms with Crippen LogP contribution in [0, 0.1) is 0 Å². The summed E-state index contributed by atoms with van der Waals surface area (Å²) in [5.41, 5.74) is 6.51. The number of nitrogens with two attached hydrogens (primary N) is 1. The minimum Gasteiger partial charge on any atom is -0.352 e. The zero-order valence-electron chi connectivity index (χ0n) is 11.7. The second-order valence-electron chi connectivity index (χ2n) is 4.92. The van der Waals surface area contributed by atoms with Crippen molar-refractivity contribution in [2.45, 2.75) is 25.4 Å². The lowest BCUT2D eigenvalue weighted by Gasteiger charge is -2.11. The average Bonchev–Trinajstić information content (AvgIpc) is 2.96. The highest BCUT2D eigenvalue weighted by Crippen LogP contribution is 2.06. The van der Waals surface area contributed by atoms with E-state index in [2.05, 4.69) is 16.0 Å². The molecule has 1 aromatic carbocycles. The molecule has 0 radical (unpaired) electrons. The Morgan fingerprint density at radius 2 is 1.95 bits per heavy atom. The lowest BCUT2D eigenvalue weighted by Crippen LogP contribution is -2.37. The summed E-state index contributed by atoms with van der Waals surface area (Å²) >= 11 is 0. The van der Waals surface area contributed by atoms with Gasteiger partial charge in [0.2, 0.25) is 0 Å². The van der Waals surface area contributed by atoms with E-state index in [1.165, 1.54) is 6.42 Å². The molecule has 116 valence electrons. The van der Waals surface area contributed by atoms with Crippen LogP contribution in [0.1, 0.15) is 28.8 Å². The summed E-state index contributed by atoms with van der Waals surface area (Å²) in [6.07, 6.45) is 2.28. The molecule has 2 rings (SSSR count). The average molecular weight is 313 g/mol. The topological polar surface area (TPSA) is 96.2 Å². The molecular weight excluding hydrogens is 292 g/mol. The highest BCUT2D eigenvalue weighted by molar-refractivity contribution is 5.94. The number of rotatable bonds is 5. The van der Waals surface area contributed by atoms with Gasteiger partial charge in [0.15, 0.2) is 0 Å². The Bertz CT molecular complexity index is 472. The smallest absolute Gasteiger partial charge is 0.312 e. The van der Waals surface area contributed by atoms with Crippen LogP contribution in [0.25, 0.3) is 0 Å². The third kappa shape index (κ3) is 5.61. The van der Waals surface area contributed by atoms with Gasteiger partial charge in [-0.25, -0.2) is 4.79 Å². The van der Waals surface area contributed by atoms with Crippen molar-refractivity contribution in [2.24, 2.45) is 5.73 Å². The van der Waals surface area contributed by atoms with Gasteiger partial charge in [-0.05, 0) is 37.1 Å². The molecule has 1 atom stereocenters. The Labute approximate surface area is 130 Å². The van der Waals surface area contributed by atoms with E-state index >= 15 is 0 Å². The number of carbonyl (C=O) groups excluding carboxylic acids is 2. The number of nitrogens with one attached hydrogen (secondary N) is 3. The predicted octanol–water partition coefficient (Wildman–Crippen LogP) is 0.758. The summed E-state index contributed by atoms with van der Waals surface area (Å²) in [6, 6.07) is 6.93. The molecule has 0 aliphatic carbocycles. The maximum absolute atomic E-state index is 12.0. The SMILES string of the molecule is Cl.NC(=O)NCc1ccc(C(=O)NCC2CCCN2)cc1. The van der Waals surface area contributed by atoms with Gasteiger partial charge in [0.1, 0.15) is 0 Å². The fraction of sp³-hybridized carbons (Fsp3) is 0.429. The summed E-state index contributed by atoms with van der Waals surface area (Å²) in [7, 11) is 0. The zero-order valence-corrected chi connectivity index (χ0v) is 12.5. The Kier molecular flexibility index (Phi) is 6.98. The Morgan fingerprint density at radius 3 is 2.52 bits per heavy atom. The summed E-state index contributed by atoms with van der Waals surface area (Å²) in [5.74, 6) is -0.0758. The van der Waals surface area contributed by atoms with Crippen LogP contribution in [0.4, 0.5) is 4.79 Å². The van der Waals surface area contributed by atoms with E-state index in [1.807, 2.05) is 0 Å². The van der Waals surface area contributed by atoms with E-state index in [0.717, 1.165) is 18.5 Å². The first-order valence-corrected chi connectivity index (χ1v) is 6.79. The molecule has 5 N–H and O–H groups in total. The van der Waals surface area contributed by atoms with Crippen molar-refractivity contribution in [3.05, 3.63) is 35.4 Å².